The number of amides is 1. The van der Waals surface area contributed by atoms with Gasteiger partial charge in [0.2, 0.25) is 0 Å². The first-order valence-corrected chi connectivity index (χ1v) is 8.21. The van der Waals surface area contributed by atoms with Crippen molar-refractivity contribution >= 4 is 17.0 Å². The summed E-state index contributed by atoms with van der Waals surface area (Å²) in [4.78, 5) is 19.4. The molecule has 0 saturated carbocycles. The lowest BCUT2D eigenvalue weighted by molar-refractivity contribution is 0.0786. The molecule has 1 fully saturated rings. The number of aromatic nitrogens is 2. The van der Waals surface area contributed by atoms with Crippen LogP contribution in [0.4, 0.5) is 0 Å². The maximum absolute atomic E-state index is 13.1. The molecule has 0 radical (unpaired) electrons. The number of likely N-dealkylation sites (tertiary alicyclic amines) is 1. The Morgan fingerprint density at radius 3 is 2.87 bits per heavy atom. The first kappa shape index (κ1) is 14.4. The zero-order chi connectivity index (χ0) is 16.1. The van der Waals surface area contributed by atoms with E-state index in [1.54, 1.807) is 0 Å². The minimum Gasteiger partial charge on any atom is -0.338 e. The van der Waals surface area contributed by atoms with E-state index in [0.29, 0.717) is 23.1 Å². The van der Waals surface area contributed by atoms with Gasteiger partial charge in [0.05, 0.1) is 16.6 Å². The molecule has 3 heterocycles. The zero-order valence-corrected chi connectivity index (χ0v) is 13.8. The van der Waals surface area contributed by atoms with Crippen LogP contribution >= 0.6 is 0 Å². The molecular weight excluding hydrogens is 290 g/mol. The molecule has 23 heavy (non-hydrogen) atoms. The number of carbonyl (C=O) groups excluding carboxylic acids is 1. The first-order chi connectivity index (χ1) is 11.0. The minimum absolute atomic E-state index is 0.0823. The van der Waals surface area contributed by atoms with E-state index in [1.807, 2.05) is 24.8 Å². The van der Waals surface area contributed by atoms with Crippen LogP contribution in [0, 0.1) is 25.7 Å². The summed E-state index contributed by atoms with van der Waals surface area (Å²) in [5, 5.41) is 4.73. The molecule has 0 unspecified atom stereocenters. The monoisotopic (exact) mass is 311 g/mol. The van der Waals surface area contributed by atoms with Crippen LogP contribution in [-0.4, -0.2) is 34.0 Å². The molecule has 2 aliphatic rings. The van der Waals surface area contributed by atoms with Crippen LogP contribution in [0.1, 0.15) is 41.5 Å². The molecule has 2 aromatic rings. The molecule has 1 aliphatic heterocycles. The van der Waals surface area contributed by atoms with Crippen LogP contribution in [0.25, 0.3) is 11.1 Å². The van der Waals surface area contributed by atoms with E-state index in [1.165, 1.54) is 5.57 Å². The quantitative estimate of drug-likeness (QED) is 0.758. The third kappa shape index (κ3) is 2.35. The standard InChI is InChI=1S/C18H21N3O2/c1-10-4-5-13-8-21(9-14(13)6-10)18(22)15-7-11(2)19-17-16(15)12(3)20-23-17/h4,7,13-14H,5-6,8-9H2,1-3H3/t13-,14+/m1/s1. The molecule has 4 rings (SSSR count). The van der Waals surface area contributed by atoms with Crippen LogP contribution in [0.15, 0.2) is 22.2 Å². The fraction of sp³-hybridized carbons (Fsp3) is 0.500. The topological polar surface area (TPSA) is 59.2 Å². The van der Waals surface area contributed by atoms with Crippen LogP contribution < -0.4 is 0 Å². The average Bonchev–Trinajstić information content (AvgIpc) is 3.09. The second-order valence-electron chi connectivity index (χ2n) is 6.98. The predicted molar refractivity (Wildman–Crippen MR) is 87.2 cm³/mol. The number of aryl methyl sites for hydroxylation is 2. The van der Waals surface area contributed by atoms with Gasteiger partial charge in [0.1, 0.15) is 0 Å². The summed E-state index contributed by atoms with van der Waals surface area (Å²) in [5.41, 5.74) is 4.10. The van der Waals surface area contributed by atoms with Crippen LogP contribution in [0.2, 0.25) is 0 Å². The lowest BCUT2D eigenvalue weighted by Crippen LogP contribution is -2.29. The van der Waals surface area contributed by atoms with Crippen molar-refractivity contribution in [2.45, 2.75) is 33.6 Å². The Morgan fingerprint density at radius 2 is 2.04 bits per heavy atom. The van der Waals surface area contributed by atoms with Gasteiger partial charge in [-0.15, -0.1) is 0 Å². The van der Waals surface area contributed by atoms with Gasteiger partial charge in [-0.05, 0) is 51.5 Å². The lowest BCUT2D eigenvalue weighted by atomic mass is 9.83. The Hall–Kier alpha value is -2.17. The lowest BCUT2D eigenvalue weighted by Gasteiger charge is -2.21. The highest BCUT2D eigenvalue weighted by Crippen LogP contribution is 2.36. The summed E-state index contributed by atoms with van der Waals surface area (Å²) in [7, 11) is 0. The molecule has 1 saturated heterocycles. The molecule has 2 atom stereocenters. The van der Waals surface area contributed by atoms with Crippen LogP contribution in [0.5, 0.6) is 0 Å². The maximum Gasteiger partial charge on any atom is 0.258 e. The third-order valence-electron chi connectivity index (χ3n) is 5.19. The SMILES string of the molecule is CC1=CC[C@@H]2CN(C(=O)c3cc(C)nc4onc(C)c34)C[C@@H]2C1. The Labute approximate surface area is 135 Å². The van der Waals surface area contributed by atoms with Crippen molar-refractivity contribution in [3.63, 3.8) is 0 Å². The average molecular weight is 311 g/mol. The van der Waals surface area contributed by atoms with Gasteiger partial charge < -0.3 is 9.42 Å². The summed E-state index contributed by atoms with van der Waals surface area (Å²) >= 11 is 0. The predicted octanol–water partition coefficient (Wildman–Crippen LogP) is 3.27. The van der Waals surface area contributed by atoms with Crippen molar-refractivity contribution in [2.75, 3.05) is 13.1 Å². The Balaban J connectivity index is 1.67. The molecular formula is C18H21N3O2. The summed E-state index contributed by atoms with van der Waals surface area (Å²) < 4.78 is 5.25. The van der Waals surface area contributed by atoms with Gasteiger partial charge in [0, 0.05) is 18.8 Å². The molecule has 0 bridgehead atoms. The molecule has 5 nitrogen and oxygen atoms in total. The van der Waals surface area contributed by atoms with E-state index in [9.17, 15) is 4.79 Å². The Kier molecular flexibility index (Phi) is 3.25. The first-order valence-electron chi connectivity index (χ1n) is 8.21. The van der Waals surface area contributed by atoms with Gasteiger partial charge in [0.15, 0.2) is 0 Å². The van der Waals surface area contributed by atoms with Crippen LogP contribution in [-0.2, 0) is 0 Å². The van der Waals surface area contributed by atoms with E-state index in [2.05, 4.69) is 23.1 Å². The van der Waals surface area contributed by atoms with E-state index >= 15 is 0 Å². The number of allylic oxidation sites excluding steroid dienone is 2. The van der Waals surface area contributed by atoms with Gasteiger partial charge >= 0.3 is 0 Å². The number of nitrogens with zero attached hydrogens (tertiary/aromatic N) is 3. The third-order valence-corrected chi connectivity index (χ3v) is 5.19. The van der Waals surface area contributed by atoms with Gasteiger partial charge in [-0.25, -0.2) is 4.98 Å². The summed E-state index contributed by atoms with van der Waals surface area (Å²) in [6.07, 6.45) is 4.54. The minimum atomic E-state index is 0.0823. The highest BCUT2D eigenvalue weighted by Gasteiger charge is 2.37. The summed E-state index contributed by atoms with van der Waals surface area (Å²) in [6.45, 7) is 7.63. The smallest absolute Gasteiger partial charge is 0.258 e. The van der Waals surface area contributed by atoms with Crippen molar-refractivity contribution in [3.05, 3.63) is 34.7 Å². The highest BCUT2D eigenvalue weighted by atomic mass is 16.5. The number of hydrogen-bond donors (Lipinski definition) is 0. The number of pyridine rings is 1. The van der Waals surface area contributed by atoms with E-state index in [0.717, 1.165) is 42.7 Å². The Bertz CT molecular complexity index is 821. The summed E-state index contributed by atoms with van der Waals surface area (Å²) in [6, 6.07) is 1.86. The van der Waals surface area contributed by atoms with Crippen molar-refractivity contribution < 1.29 is 9.32 Å². The van der Waals surface area contributed by atoms with Gasteiger partial charge in [0.25, 0.3) is 11.6 Å². The number of fused-ring (bicyclic) bond motifs is 2. The molecule has 0 spiro atoms. The van der Waals surface area contributed by atoms with Gasteiger partial charge in [-0.1, -0.05) is 16.8 Å². The Morgan fingerprint density at radius 1 is 1.26 bits per heavy atom. The second kappa shape index (κ2) is 5.18. The number of hydrogen-bond acceptors (Lipinski definition) is 4. The fourth-order valence-corrected chi connectivity index (χ4v) is 4.01. The molecule has 0 aromatic carbocycles. The van der Waals surface area contributed by atoms with Crippen molar-refractivity contribution in [3.8, 4) is 0 Å². The fourth-order valence-electron chi connectivity index (χ4n) is 4.01. The number of rotatable bonds is 1. The van der Waals surface area contributed by atoms with E-state index < -0.39 is 0 Å². The van der Waals surface area contributed by atoms with E-state index in [4.69, 9.17) is 4.52 Å². The molecule has 1 amide bonds. The zero-order valence-electron chi connectivity index (χ0n) is 13.8. The van der Waals surface area contributed by atoms with Crippen molar-refractivity contribution in [2.24, 2.45) is 11.8 Å². The largest absolute Gasteiger partial charge is 0.338 e. The maximum atomic E-state index is 13.1. The second-order valence-corrected chi connectivity index (χ2v) is 6.98. The molecule has 1 aliphatic carbocycles. The van der Waals surface area contributed by atoms with Crippen LogP contribution in [0.3, 0.4) is 0 Å². The van der Waals surface area contributed by atoms with E-state index in [-0.39, 0.29) is 5.91 Å². The molecule has 120 valence electrons. The highest BCUT2D eigenvalue weighted by molar-refractivity contribution is 6.06. The normalized spacial score (nSPS) is 24.0. The van der Waals surface area contributed by atoms with Crippen molar-refractivity contribution in [1.29, 1.82) is 0 Å². The molecule has 2 aromatic heterocycles. The van der Waals surface area contributed by atoms with Gasteiger partial charge in [-0.2, -0.15) is 0 Å². The molecule has 0 N–H and O–H groups in total. The summed E-state index contributed by atoms with van der Waals surface area (Å²) in [5.74, 6) is 1.29. The number of carbonyl (C=O) groups is 1. The van der Waals surface area contributed by atoms with Gasteiger partial charge in [-0.3, -0.25) is 4.79 Å². The molecule has 5 heteroatoms. The van der Waals surface area contributed by atoms with Crippen molar-refractivity contribution in [1.82, 2.24) is 15.0 Å².